The van der Waals surface area contributed by atoms with Gasteiger partial charge in [-0.25, -0.2) is 0 Å². The van der Waals surface area contributed by atoms with Gasteiger partial charge in [0.2, 0.25) is 0 Å². The summed E-state index contributed by atoms with van der Waals surface area (Å²) in [5.74, 6) is 1.07. The molecule has 0 fully saturated rings. The van der Waals surface area contributed by atoms with Crippen LogP contribution < -0.4 is 9.64 Å². The van der Waals surface area contributed by atoms with Crippen LogP contribution in [-0.4, -0.2) is 24.5 Å². The van der Waals surface area contributed by atoms with Crippen molar-refractivity contribution in [2.24, 2.45) is 0 Å². The molecular weight excluding hydrogens is 238 g/mol. The van der Waals surface area contributed by atoms with E-state index in [4.69, 9.17) is 4.74 Å². The largest absolute Gasteiger partial charge is 0.484 e. The Kier molecular flexibility index (Phi) is 3.83. The average Bonchev–Trinajstić information content (AvgIpc) is 2.36. The van der Waals surface area contributed by atoms with Crippen molar-refractivity contribution in [3.05, 3.63) is 23.8 Å². The zero-order valence-electron chi connectivity index (χ0n) is 12.3. The smallest absolute Gasteiger partial charge is 0.162 e. The molecule has 0 spiro atoms. The monoisotopic (exact) mass is 261 g/mol. The predicted molar refractivity (Wildman–Crippen MR) is 78.3 cm³/mol. The average molecular weight is 261 g/mol. The molecule has 1 heterocycles. The molecule has 3 heteroatoms. The maximum atomic E-state index is 11.8. The number of carbonyl (C=O) groups excluding carboxylic acids is 1. The Bertz CT molecular complexity index is 480. The lowest BCUT2D eigenvalue weighted by molar-refractivity contribution is 0.0986. The van der Waals surface area contributed by atoms with Crippen LogP contribution in [0.15, 0.2) is 18.2 Å². The molecule has 0 N–H and O–H groups in total. The van der Waals surface area contributed by atoms with Crippen LogP contribution >= 0.6 is 0 Å². The summed E-state index contributed by atoms with van der Waals surface area (Å²) >= 11 is 0. The van der Waals surface area contributed by atoms with E-state index < -0.39 is 0 Å². The number of carbonyl (C=O) groups is 1. The number of ketones is 1. The lowest BCUT2D eigenvalue weighted by Crippen LogP contribution is -2.47. The molecule has 0 aromatic heterocycles. The van der Waals surface area contributed by atoms with Crippen LogP contribution in [0.1, 0.15) is 50.9 Å². The van der Waals surface area contributed by atoms with E-state index in [0.29, 0.717) is 6.42 Å². The lowest BCUT2D eigenvalue weighted by Gasteiger charge is -2.41. The number of Topliss-reactive ketones (excluding diaryl/α,β-unsaturated/α-hetero) is 1. The van der Waals surface area contributed by atoms with Gasteiger partial charge in [-0.1, -0.05) is 13.8 Å². The summed E-state index contributed by atoms with van der Waals surface area (Å²) in [5.41, 5.74) is 1.66. The standard InChI is InChI=1S/C16H23NO2/c1-5-9-17-11-16(3,4)19-15-8-7-12(10-13(15)17)14(18)6-2/h7-8,10H,5-6,9,11H2,1-4H3. The first-order valence-electron chi connectivity index (χ1n) is 7.08. The van der Waals surface area contributed by atoms with Gasteiger partial charge < -0.3 is 9.64 Å². The molecule has 0 radical (unpaired) electrons. The summed E-state index contributed by atoms with van der Waals surface area (Å²) in [4.78, 5) is 14.2. The Morgan fingerprint density at radius 3 is 2.74 bits per heavy atom. The Hall–Kier alpha value is -1.51. The highest BCUT2D eigenvalue weighted by molar-refractivity contribution is 5.97. The lowest BCUT2D eigenvalue weighted by atomic mass is 10.0. The van der Waals surface area contributed by atoms with Crippen molar-refractivity contribution >= 4 is 11.5 Å². The fraction of sp³-hybridized carbons (Fsp3) is 0.562. The summed E-state index contributed by atoms with van der Waals surface area (Å²) < 4.78 is 6.01. The van der Waals surface area contributed by atoms with E-state index in [1.54, 1.807) is 0 Å². The third-order valence-electron chi connectivity index (χ3n) is 3.39. The Morgan fingerprint density at radius 1 is 1.37 bits per heavy atom. The van der Waals surface area contributed by atoms with Gasteiger partial charge in [0.15, 0.2) is 5.78 Å². The van der Waals surface area contributed by atoms with Gasteiger partial charge in [-0.3, -0.25) is 4.79 Å². The molecule has 0 bridgehead atoms. The van der Waals surface area contributed by atoms with E-state index in [0.717, 1.165) is 36.5 Å². The molecule has 0 saturated heterocycles. The van der Waals surface area contributed by atoms with E-state index >= 15 is 0 Å². The number of ether oxygens (including phenoxy) is 1. The molecule has 0 atom stereocenters. The minimum atomic E-state index is -0.182. The number of fused-ring (bicyclic) bond motifs is 1. The molecule has 1 aromatic rings. The van der Waals surface area contributed by atoms with Crippen LogP contribution in [0.4, 0.5) is 5.69 Å². The van der Waals surface area contributed by atoms with Crippen LogP contribution in [0.5, 0.6) is 5.75 Å². The SMILES string of the molecule is CCCN1CC(C)(C)Oc2ccc(C(=O)CC)cc21. The van der Waals surface area contributed by atoms with E-state index in [9.17, 15) is 4.79 Å². The fourth-order valence-corrected chi connectivity index (χ4v) is 2.57. The molecule has 0 amide bonds. The van der Waals surface area contributed by atoms with Crippen LogP contribution in [0.3, 0.4) is 0 Å². The number of hydrogen-bond acceptors (Lipinski definition) is 3. The zero-order chi connectivity index (χ0) is 14.0. The second-order valence-electron chi connectivity index (χ2n) is 5.74. The van der Waals surface area contributed by atoms with E-state index in [1.165, 1.54) is 0 Å². The van der Waals surface area contributed by atoms with Crippen LogP contribution in [0.25, 0.3) is 0 Å². The maximum absolute atomic E-state index is 11.8. The van der Waals surface area contributed by atoms with Gasteiger partial charge in [0.25, 0.3) is 0 Å². The van der Waals surface area contributed by atoms with Crippen molar-refractivity contribution in [3.63, 3.8) is 0 Å². The van der Waals surface area contributed by atoms with Crippen molar-refractivity contribution in [2.75, 3.05) is 18.0 Å². The zero-order valence-corrected chi connectivity index (χ0v) is 12.3. The molecule has 1 aliphatic heterocycles. The van der Waals surface area contributed by atoms with Crippen molar-refractivity contribution in [1.29, 1.82) is 0 Å². The van der Waals surface area contributed by atoms with Crippen LogP contribution in [-0.2, 0) is 0 Å². The molecule has 19 heavy (non-hydrogen) atoms. The summed E-state index contributed by atoms with van der Waals surface area (Å²) in [7, 11) is 0. The minimum Gasteiger partial charge on any atom is -0.484 e. The summed E-state index contributed by atoms with van der Waals surface area (Å²) in [6, 6.07) is 5.78. The number of anilines is 1. The molecule has 0 saturated carbocycles. The van der Waals surface area contributed by atoms with Gasteiger partial charge in [-0.2, -0.15) is 0 Å². The Balaban J connectivity index is 2.40. The van der Waals surface area contributed by atoms with Gasteiger partial charge in [0.1, 0.15) is 11.4 Å². The van der Waals surface area contributed by atoms with Gasteiger partial charge in [-0.05, 0) is 38.5 Å². The topological polar surface area (TPSA) is 29.5 Å². The number of benzene rings is 1. The predicted octanol–water partition coefficient (Wildman–Crippen LogP) is 3.67. The quantitative estimate of drug-likeness (QED) is 0.775. The third-order valence-corrected chi connectivity index (χ3v) is 3.39. The van der Waals surface area contributed by atoms with Crippen molar-refractivity contribution in [1.82, 2.24) is 0 Å². The van der Waals surface area contributed by atoms with Gasteiger partial charge in [-0.15, -0.1) is 0 Å². The Labute approximate surface area is 115 Å². The van der Waals surface area contributed by atoms with Gasteiger partial charge >= 0.3 is 0 Å². The number of rotatable bonds is 4. The first-order chi connectivity index (χ1) is 8.96. The normalized spacial score (nSPS) is 16.7. The van der Waals surface area contributed by atoms with Crippen LogP contribution in [0.2, 0.25) is 0 Å². The van der Waals surface area contributed by atoms with E-state index in [-0.39, 0.29) is 11.4 Å². The molecule has 2 rings (SSSR count). The maximum Gasteiger partial charge on any atom is 0.162 e. The van der Waals surface area contributed by atoms with Crippen molar-refractivity contribution in [3.8, 4) is 5.75 Å². The summed E-state index contributed by atoms with van der Waals surface area (Å²) in [6.07, 6.45) is 1.63. The second kappa shape index (κ2) is 5.24. The molecule has 1 aliphatic rings. The molecule has 1 aromatic carbocycles. The van der Waals surface area contributed by atoms with Crippen molar-refractivity contribution in [2.45, 2.75) is 46.1 Å². The summed E-state index contributed by atoms with van der Waals surface area (Å²) in [5, 5.41) is 0. The number of hydrogen-bond donors (Lipinski definition) is 0. The molecule has 104 valence electrons. The summed E-state index contributed by atoms with van der Waals surface area (Å²) in [6.45, 7) is 10.1. The van der Waals surface area contributed by atoms with Crippen LogP contribution in [0, 0.1) is 0 Å². The second-order valence-corrected chi connectivity index (χ2v) is 5.74. The van der Waals surface area contributed by atoms with E-state index in [2.05, 4.69) is 25.7 Å². The number of nitrogens with zero attached hydrogens (tertiary/aromatic N) is 1. The van der Waals surface area contributed by atoms with Gasteiger partial charge in [0.05, 0.1) is 12.2 Å². The molecule has 3 nitrogen and oxygen atoms in total. The van der Waals surface area contributed by atoms with E-state index in [1.807, 2.05) is 25.1 Å². The minimum absolute atomic E-state index is 0.182. The first kappa shape index (κ1) is 13.9. The first-order valence-corrected chi connectivity index (χ1v) is 7.08. The highest BCUT2D eigenvalue weighted by Gasteiger charge is 2.31. The molecular formula is C16H23NO2. The third kappa shape index (κ3) is 2.91. The molecule has 0 aliphatic carbocycles. The van der Waals surface area contributed by atoms with Crippen molar-refractivity contribution < 1.29 is 9.53 Å². The fourth-order valence-electron chi connectivity index (χ4n) is 2.57. The highest BCUT2D eigenvalue weighted by atomic mass is 16.5. The highest BCUT2D eigenvalue weighted by Crippen LogP contribution is 2.37. The molecule has 0 unspecified atom stereocenters. The van der Waals surface area contributed by atoms with Gasteiger partial charge in [0, 0.05) is 18.5 Å². The Morgan fingerprint density at radius 2 is 2.11 bits per heavy atom.